The summed E-state index contributed by atoms with van der Waals surface area (Å²) in [5.41, 5.74) is 1.28. The fourth-order valence-corrected chi connectivity index (χ4v) is 2.76. The third-order valence-corrected chi connectivity index (χ3v) is 4.20. The Bertz CT molecular complexity index is 659. The van der Waals surface area contributed by atoms with Gasteiger partial charge < -0.3 is 10.0 Å². The first-order chi connectivity index (χ1) is 11.4. The first kappa shape index (κ1) is 18.6. The molecule has 5 nitrogen and oxygen atoms in total. The van der Waals surface area contributed by atoms with Crippen molar-refractivity contribution >= 4 is 35.3 Å². The van der Waals surface area contributed by atoms with Crippen LogP contribution in [0.4, 0.5) is 5.69 Å². The monoisotopic (exact) mass is 364 g/mol. The number of benzene rings is 1. The Morgan fingerprint density at radius 2 is 1.92 bits per heavy atom. The van der Waals surface area contributed by atoms with Crippen molar-refractivity contribution in [2.75, 3.05) is 4.72 Å². The minimum atomic E-state index is -0.241. The summed E-state index contributed by atoms with van der Waals surface area (Å²) < 4.78 is 6.38. The van der Waals surface area contributed by atoms with Crippen LogP contribution >= 0.6 is 23.7 Å². The van der Waals surface area contributed by atoms with Crippen molar-refractivity contribution in [3.63, 3.8) is 0 Å². The van der Waals surface area contributed by atoms with E-state index in [4.69, 9.17) is 11.6 Å². The van der Waals surface area contributed by atoms with Crippen molar-refractivity contribution in [1.29, 1.82) is 0 Å². The van der Waals surface area contributed by atoms with Crippen LogP contribution in [-0.2, 0) is 0 Å². The van der Waals surface area contributed by atoms with Gasteiger partial charge in [0.25, 0.3) is 5.91 Å². The van der Waals surface area contributed by atoms with Gasteiger partial charge in [-0.25, -0.2) is 4.72 Å². The van der Waals surface area contributed by atoms with E-state index in [1.54, 1.807) is 36.7 Å². The molecule has 0 spiro atoms. The van der Waals surface area contributed by atoms with E-state index in [1.165, 1.54) is 12.1 Å². The second kappa shape index (κ2) is 8.37. The van der Waals surface area contributed by atoms with Crippen LogP contribution in [0, 0.1) is 5.41 Å². The molecule has 1 aromatic carbocycles. The van der Waals surface area contributed by atoms with Crippen molar-refractivity contribution in [3.8, 4) is 0 Å². The minimum Gasteiger partial charge on any atom is -0.335 e. The Balaban J connectivity index is 1.95. The molecule has 0 fully saturated rings. The summed E-state index contributed by atoms with van der Waals surface area (Å²) in [5.74, 6) is -0.152. The number of hydrogen-bond acceptors (Lipinski definition) is 5. The van der Waals surface area contributed by atoms with E-state index in [2.05, 4.69) is 40.5 Å². The van der Waals surface area contributed by atoms with Crippen LogP contribution in [0.15, 0.2) is 48.8 Å². The fraction of sp³-hybridized carbons (Fsp3) is 0.294. The molecule has 0 radical (unpaired) electrons. The van der Waals surface area contributed by atoms with Crippen LogP contribution in [0.25, 0.3) is 0 Å². The molecular formula is C17H21ClN4OS. The van der Waals surface area contributed by atoms with Crippen LogP contribution in [0.1, 0.15) is 31.1 Å². The smallest absolute Gasteiger partial charge is 0.252 e. The topological polar surface area (TPSA) is 66.1 Å². The number of carbonyl (C=O) groups excluding carboxylic acids is 1. The highest BCUT2D eigenvalue weighted by Gasteiger charge is 2.26. The van der Waals surface area contributed by atoms with Crippen molar-refractivity contribution in [1.82, 2.24) is 15.0 Å². The largest absolute Gasteiger partial charge is 0.335 e. The third-order valence-electron chi connectivity index (χ3n) is 3.26. The maximum atomic E-state index is 12.4. The van der Waals surface area contributed by atoms with Crippen LogP contribution in [0.2, 0.25) is 5.02 Å². The minimum absolute atomic E-state index is 0.152. The molecule has 0 aliphatic heterocycles. The van der Waals surface area contributed by atoms with Crippen molar-refractivity contribution < 1.29 is 4.79 Å². The van der Waals surface area contributed by atoms with Gasteiger partial charge in [-0.15, -0.1) is 0 Å². The second-order valence-electron chi connectivity index (χ2n) is 6.34. The molecule has 2 aromatic rings. The highest BCUT2D eigenvalue weighted by atomic mass is 35.5. The molecule has 1 atom stereocenters. The zero-order valence-electron chi connectivity index (χ0n) is 13.8. The molecule has 0 saturated carbocycles. The predicted octanol–water partition coefficient (Wildman–Crippen LogP) is 4.10. The molecule has 2 rings (SSSR count). The van der Waals surface area contributed by atoms with E-state index >= 15 is 0 Å². The summed E-state index contributed by atoms with van der Waals surface area (Å²) in [6.45, 7) is 6.16. The maximum Gasteiger partial charge on any atom is 0.252 e. The van der Waals surface area contributed by atoms with E-state index in [9.17, 15) is 4.79 Å². The molecule has 1 unspecified atom stereocenters. The standard InChI is InChI=1S/C17H21ClN4OS/c1-17(2,3)16(22-24-21-14-5-4-10-19-11-14)20-15(23)12-6-8-13(18)9-7-12/h4-11,16,21-22H,1-3H3,(H,20,23). The summed E-state index contributed by atoms with van der Waals surface area (Å²) >= 11 is 7.17. The van der Waals surface area contributed by atoms with Gasteiger partial charge in [0.1, 0.15) is 0 Å². The summed E-state index contributed by atoms with van der Waals surface area (Å²) in [7, 11) is 0. The second-order valence-corrected chi connectivity index (χ2v) is 7.42. The average Bonchev–Trinajstić information content (AvgIpc) is 2.54. The van der Waals surface area contributed by atoms with Crippen LogP contribution < -0.4 is 14.8 Å². The Kier molecular flexibility index (Phi) is 6.48. The maximum absolute atomic E-state index is 12.4. The van der Waals surface area contributed by atoms with Gasteiger partial charge in [0.05, 0.1) is 18.1 Å². The molecule has 1 aromatic heterocycles. The van der Waals surface area contributed by atoms with E-state index in [0.29, 0.717) is 10.6 Å². The first-order valence-corrected chi connectivity index (χ1v) is 8.69. The van der Waals surface area contributed by atoms with Crippen LogP contribution in [0.3, 0.4) is 0 Å². The summed E-state index contributed by atoms with van der Waals surface area (Å²) in [6, 6.07) is 10.6. The third kappa shape index (κ3) is 5.70. The normalized spacial score (nSPS) is 12.5. The first-order valence-electron chi connectivity index (χ1n) is 7.50. The highest BCUT2D eigenvalue weighted by Crippen LogP contribution is 2.20. The Hall–Kier alpha value is -1.76. The molecule has 0 aliphatic rings. The Morgan fingerprint density at radius 3 is 2.50 bits per heavy atom. The van der Waals surface area contributed by atoms with E-state index in [1.807, 2.05) is 12.1 Å². The lowest BCUT2D eigenvalue weighted by Crippen LogP contribution is -2.51. The van der Waals surface area contributed by atoms with Gasteiger partial charge in [-0.1, -0.05) is 32.4 Å². The molecule has 7 heteroatoms. The Morgan fingerprint density at radius 1 is 1.21 bits per heavy atom. The number of rotatable bonds is 6. The lowest BCUT2D eigenvalue weighted by atomic mass is 9.92. The quantitative estimate of drug-likeness (QED) is 0.532. The number of hydrogen-bond donors (Lipinski definition) is 3. The zero-order valence-corrected chi connectivity index (χ0v) is 15.4. The number of pyridine rings is 1. The van der Waals surface area contributed by atoms with Crippen molar-refractivity contribution in [2.45, 2.75) is 26.9 Å². The SMILES string of the molecule is CC(C)(C)C(NSNc1cccnc1)NC(=O)c1ccc(Cl)cc1. The van der Waals surface area contributed by atoms with Gasteiger partial charge in [0.2, 0.25) is 0 Å². The lowest BCUT2D eigenvalue weighted by molar-refractivity contribution is 0.0898. The number of carbonyl (C=O) groups is 1. The van der Waals surface area contributed by atoms with Gasteiger partial charge in [-0.05, 0) is 41.8 Å². The van der Waals surface area contributed by atoms with Gasteiger partial charge in [0, 0.05) is 28.9 Å². The summed E-state index contributed by atoms with van der Waals surface area (Å²) in [5, 5.41) is 3.61. The van der Waals surface area contributed by atoms with Crippen molar-refractivity contribution in [3.05, 3.63) is 59.4 Å². The summed E-state index contributed by atoms with van der Waals surface area (Å²) in [4.78, 5) is 16.5. The molecule has 0 bridgehead atoms. The number of amides is 1. The lowest BCUT2D eigenvalue weighted by Gasteiger charge is -2.31. The number of nitrogens with one attached hydrogen (secondary N) is 3. The predicted molar refractivity (Wildman–Crippen MR) is 101 cm³/mol. The molecule has 0 aliphatic carbocycles. The summed E-state index contributed by atoms with van der Waals surface area (Å²) in [6.07, 6.45) is 3.20. The van der Waals surface area contributed by atoms with Gasteiger partial charge in [-0.2, -0.15) is 0 Å². The molecule has 24 heavy (non-hydrogen) atoms. The van der Waals surface area contributed by atoms with E-state index < -0.39 is 0 Å². The molecular weight excluding hydrogens is 344 g/mol. The van der Waals surface area contributed by atoms with E-state index in [0.717, 1.165) is 5.69 Å². The number of anilines is 1. The Labute approximate surface area is 151 Å². The molecule has 1 amide bonds. The van der Waals surface area contributed by atoms with Crippen LogP contribution in [0.5, 0.6) is 0 Å². The average molecular weight is 365 g/mol. The van der Waals surface area contributed by atoms with Gasteiger partial charge >= 0.3 is 0 Å². The van der Waals surface area contributed by atoms with Crippen molar-refractivity contribution in [2.24, 2.45) is 5.41 Å². The van der Waals surface area contributed by atoms with Gasteiger partial charge in [-0.3, -0.25) is 9.78 Å². The van der Waals surface area contributed by atoms with Gasteiger partial charge in [0.15, 0.2) is 0 Å². The highest BCUT2D eigenvalue weighted by molar-refractivity contribution is 7.98. The van der Waals surface area contributed by atoms with Crippen LogP contribution in [-0.4, -0.2) is 17.1 Å². The molecule has 3 N–H and O–H groups in total. The number of aromatic nitrogens is 1. The molecule has 128 valence electrons. The molecule has 0 saturated heterocycles. The number of halogens is 1. The number of nitrogens with zero attached hydrogens (tertiary/aromatic N) is 1. The molecule has 1 heterocycles. The van der Waals surface area contributed by atoms with E-state index in [-0.39, 0.29) is 17.5 Å². The zero-order chi connectivity index (χ0) is 17.6. The fourth-order valence-electron chi connectivity index (χ4n) is 1.81.